The number of nitro groups is 2. The van der Waals surface area contributed by atoms with E-state index in [9.17, 15) is 29.8 Å². The van der Waals surface area contributed by atoms with E-state index in [1.807, 2.05) is 0 Å². The van der Waals surface area contributed by atoms with E-state index in [1.54, 1.807) is 0 Å². The van der Waals surface area contributed by atoms with Crippen LogP contribution in [0.3, 0.4) is 0 Å². The molecule has 0 aromatic heterocycles. The first-order valence-electron chi connectivity index (χ1n) is 8.18. The Morgan fingerprint density at radius 2 is 1.03 bits per heavy atom. The highest BCUT2D eigenvalue weighted by Gasteiger charge is 2.10. The molecule has 0 bridgehead atoms. The van der Waals surface area contributed by atoms with Gasteiger partial charge in [0.25, 0.3) is 11.4 Å². The minimum absolute atomic E-state index is 0.0758. The van der Waals surface area contributed by atoms with Gasteiger partial charge in [-0.3, -0.25) is 20.2 Å². The maximum atomic E-state index is 11.5. The largest absolute Gasteiger partial charge is 0.514 e. The van der Waals surface area contributed by atoms with Gasteiger partial charge in [0.15, 0.2) is 0 Å². The van der Waals surface area contributed by atoms with Crippen molar-refractivity contribution in [2.45, 2.75) is 0 Å². The summed E-state index contributed by atoms with van der Waals surface area (Å²) in [6.07, 6.45) is 0.728. The second kappa shape index (κ2) is 10.8. The summed E-state index contributed by atoms with van der Waals surface area (Å²) < 4.78 is 19.1. The van der Waals surface area contributed by atoms with Crippen molar-refractivity contribution in [1.29, 1.82) is 0 Å². The molecule has 0 radical (unpaired) electrons. The number of carbonyl (C=O) groups is 2. The highest BCUT2D eigenvalue weighted by molar-refractivity contribution is 5.64. The average molecular weight is 418 g/mol. The van der Waals surface area contributed by atoms with E-state index in [-0.39, 0.29) is 36.1 Å². The summed E-state index contributed by atoms with van der Waals surface area (Å²) in [7, 11) is 0. The highest BCUT2D eigenvalue weighted by Crippen LogP contribution is 2.18. The van der Waals surface area contributed by atoms with Gasteiger partial charge in [-0.25, -0.2) is 9.59 Å². The van der Waals surface area contributed by atoms with Crippen LogP contribution in [0.25, 0.3) is 0 Å². The Morgan fingerprint density at radius 3 is 1.33 bits per heavy atom. The van der Waals surface area contributed by atoms with Gasteiger partial charge in [-0.15, -0.1) is 0 Å². The lowest BCUT2D eigenvalue weighted by Crippen LogP contribution is -2.11. The van der Waals surface area contributed by atoms with Gasteiger partial charge in [-0.05, 0) is 36.4 Å². The second-order valence-electron chi connectivity index (χ2n) is 5.30. The number of nitrogens with zero attached hydrogens (tertiary/aromatic N) is 2. The number of benzene rings is 2. The van der Waals surface area contributed by atoms with Crippen LogP contribution in [0, 0.1) is 20.2 Å². The molecule has 0 saturated heterocycles. The van der Waals surface area contributed by atoms with Gasteiger partial charge in [0.1, 0.15) is 24.7 Å². The number of nitro benzene ring substituents is 2. The molecule has 0 aliphatic rings. The lowest BCUT2D eigenvalue weighted by molar-refractivity contribution is -0.385. The monoisotopic (exact) mass is 418 g/mol. The van der Waals surface area contributed by atoms with E-state index in [4.69, 9.17) is 18.9 Å². The standard InChI is InChI=1S/C18H14N2O10/c21-17(29-15-7-3-13(4-8-15)19(23)24)27-11-1-2-12-28-18(22)30-16-9-5-14(6-10-16)20(25)26/h1-10H,11-12H2/b2-1+. The zero-order chi connectivity index (χ0) is 21.9. The first-order chi connectivity index (χ1) is 14.3. The molecule has 0 aliphatic heterocycles. The highest BCUT2D eigenvalue weighted by atomic mass is 16.7. The van der Waals surface area contributed by atoms with Gasteiger partial charge in [-0.2, -0.15) is 0 Å². The molecular weight excluding hydrogens is 404 g/mol. The molecule has 12 nitrogen and oxygen atoms in total. The van der Waals surface area contributed by atoms with Crippen LogP contribution in [0.15, 0.2) is 60.7 Å². The zero-order valence-electron chi connectivity index (χ0n) is 15.2. The number of hydrogen-bond acceptors (Lipinski definition) is 10. The zero-order valence-corrected chi connectivity index (χ0v) is 15.2. The topological polar surface area (TPSA) is 157 Å². The average Bonchev–Trinajstić information content (AvgIpc) is 2.71. The molecular formula is C18H14N2O10. The molecule has 0 fully saturated rings. The molecule has 0 aliphatic carbocycles. The Hall–Kier alpha value is -4.48. The van der Waals surface area contributed by atoms with Crippen molar-refractivity contribution in [2.75, 3.05) is 13.2 Å². The van der Waals surface area contributed by atoms with Crippen LogP contribution in [0.4, 0.5) is 21.0 Å². The summed E-state index contributed by atoms with van der Waals surface area (Å²) in [5.74, 6) is 0.152. The van der Waals surface area contributed by atoms with Crippen LogP contribution < -0.4 is 9.47 Å². The molecule has 0 amide bonds. The maximum absolute atomic E-state index is 11.5. The van der Waals surface area contributed by atoms with Gasteiger partial charge in [-0.1, -0.05) is 0 Å². The van der Waals surface area contributed by atoms with Crippen LogP contribution in [0.2, 0.25) is 0 Å². The first kappa shape index (κ1) is 21.8. The van der Waals surface area contributed by atoms with Gasteiger partial charge in [0.2, 0.25) is 0 Å². The Morgan fingerprint density at radius 1 is 0.700 bits per heavy atom. The summed E-state index contributed by atoms with van der Waals surface area (Å²) in [5.41, 5.74) is -0.295. The number of hydrogen-bond donors (Lipinski definition) is 0. The summed E-state index contributed by atoms with van der Waals surface area (Å²) in [4.78, 5) is 42.9. The van der Waals surface area contributed by atoms with Gasteiger partial charge in [0.05, 0.1) is 9.85 Å². The first-order valence-corrected chi connectivity index (χ1v) is 8.18. The van der Waals surface area contributed by atoms with Crippen molar-refractivity contribution in [3.63, 3.8) is 0 Å². The predicted molar refractivity (Wildman–Crippen MR) is 99.3 cm³/mol. The van der Waals surface area contributed by atoms with Crippen LogP contribution in [0.5, 0.6) is 11.5 Å². The SMILES string of the molecule is O=C(OC/C=C/COC(=O)Oc1ccc([N+](=O)[O-])cc1)Oc1ccc([N+](=O)[O-])cc1. The molecule has 2 aromatic carbocycles. The molecule has 2 rings (SSSR count). The summed E-state index contributed by atoms with van der Waals surface area (Å²) in [6.45, 7) is -0.348. The van der Waals surface area contributed by atoms with E-state index >= 15 is 0 Å². The van der Waals surface area contributed by atoms with Crippen molar-refractivity contribution < 1.29 is 38.4 Å². The van der Waals surface area contributed by atoms with Crippen LogP contribution in [-0.4, -0.2) is 35.4 Å². The minimum Gasteiger partial charge on any atom is -0.430 e. The molecule has 0 unspecified atom stereocenters. The summed E-state index contributed by atoms with van der Waals surface area (Å²) >= 11 is 0. The predicted octanol–water partition coefficient (Wildman–Crippen LogP) is 3.79. The molecule has 2 aromatic rings. The Bertz CT molecular complexity index is 861. The van der Waals surface area contributed by atoms with E-state index in [1.165, 1.54) is 60.7 Å². The fourth-order valence-corrected chi connectivity index (χ4v) is 1.89. The van der Waals surface area contributed by atoms with E-state index in [0.29, 0.717) is 0 Å². The third-order valence-electron chi connectivity index (χ3n) is 3.26. The normalized spacial score (nSPS) is 10.3. The van der Waals surface area contributed by atoms with Gasteiger partial charge < -0.3 is 18.9 Å². The summed E-state index contributed by atoms with van der Waals surface area (Å²) in [6, 6.07) is 9.70. The molecule has 0 spiro atoms. The Labute approximate surface area is 168 Å². The fraction of sp³-hybridized carbons (Fsp3) is 0.111. The lowest BCUT2D eigenvalue weighted by Gasteiger charge is -2.04. The van der Waals surface area contributed by atoms with Gasteiger partial charge in [0, 0.05) is 24.3 Å². The summed E-state index contributed by atoms with van der Waals surface area (Å²) in [5, 5.41) is 21.1. The molecule has 0 heterocycles. The number of rotatable bonds is 8. The van der Waals surface area contributed by atoms with Crippen molar-refractivity contribution in [3.05, 3.63) is 80.9 Å². The second-order valence-corrected chi connectivity index (χ2v) is 5.30. The number of carbonyl (C=O) groups excluding carboxylic acids is 2. The van der Waals surface area contributed by atoms with Crippen LogP contribution >= 0.6 is 0 Å². The molecule has 0 saturated carbocycles. The van der Waals surface area contributed by atoms with Crippen molar-refractivity contribution in [1.82, 2.24) is 0 Å². The third kappa shape index (κ3) is 7.26. The third-order valence-corrected chi connectivity index (χ3v) is 3.26. The van der Waals surface area contributed by atoms with Crippen molar-refractivity contribution in [2.24, 2.45) is 0 Å². The molecule has 12 heteroatoms. The van der Waals surface area contributed by atoms with E-state index in [2.05, 4.69) is 0 Å². The minimum atomic E-state index is -1.02. The van der Waals surface area contributed by atoms with Crippen molar-refractivity contribution >= 4 is 23.7 Å². The quantitative estimate of drug-likeness (QED) is 0.203. The number of ether oxygens (including phenoxy) is 4. The fourth-order valence-electron chi connectivity index (χ4n) is 1.89. The van der Waals surface area contributed by atoms with Crippen LogP contribution in [-0.2, 0) is 9.47 Å². The Balaban J connectivity index is 1.63. The lowest BCUT2D eigenvalue weighted by atomic mass is 10.3. The Kier molecular flexibility index (Phi) is 7.82. The molecule has 30 heavy (non-hydrogen) atoms. The van der Waals surface area contributed by atoms with E-state index < -0.39 is 22.2 Å². The van der Waals surface area contributed by atoms with E-state index in [0.717, 1.165) is 0 Å². The number of non-ortho nitro benzene ring substituents is 2. The maximum Gasteiger partial charge on any atom is 0.514 e. The van der Waals surface area contributed by atoms with Crippen molar-refractivity contribution in [3.8, 4) is 11.5 Å². The smallest absolute Gasteiger partial charge is 0.430 e. The molecule has 0 N–H and O–H groups in total. The molecule has 0 atom stereocenters. The molecule has 156 valence electrons. The van der Waals surface area contributed by atoms with Gasteiger partial charge >= 0.3 is 12.3 Å². The van der Waals surface area contributed by atoms with Crippen LogP contribution in [0.1, 0.15) is 0 Å².